The molecule has 0 aliphatic heterocycles. The van der Waals surface area contributed by atoms with E-state index in [0.29, 0.717) is 36.1 Å². The van der Waals surface area contributed by atoms with Crippen molar-refractivity contribution in [1.82, 2.24) is 20.4 Å². The first-order chi connectivity index (χ1) is 9.19. The number of carbonyl (C=O) groups is 1. The van der Waals surface area contributed by atoms with Crippen LogP contribution in [0.25, 0.3) is 0 Å². The van der Waals surface area contributed by atoms with Crippen molar-refractivity contribution in [3.63, 3.8) is 0 Å². The Hall–Kier alpha value is -2.48. The second-order valence-electron chi connectivity index (χ2n) is 3.81. The molecule has 0 bridgehead atoms. The number of nitrogens with two attached hydrogens (primary N) is 1. The van der Waals surface area contributed by atoms with Crippen LogP contribution in [0.15, 0.2) is 22.9 Å². The van der Waals surface area contributed by atoms with Crippen molar-refractivity contribution >= 4 is 11.6 Å². The van der Waals surface area contributed by atoms with E-state index in [1.165, 1.54) is 6.20 Å². The molecule has 8 nitrogen and oxygen atoms in total. The molecule has 0 saturated carbocycles. The van der Waals surface area contributed by atoms with Gasteiger partial charge in [-0.3, -0.25) is 10.6 Å². The van der Waals surface area contributed by atoms with Gasteiger partial charge in [0.15, 0.2) is 5.82 Å². The first-order valence-electron chi connectivity index (χ1n) is 5.69. The molecule has 0 aliphatic rings. The fourth-order valence-corrected chi connectivity index (χ4v) is 1.43. The highest BCUT2D eigenvalue weighted by atomic mass is 16.5. The van der Waals surface area contributed by atoms with E-state index in [-0.39, 0.29) is 5.91 Å². The molecule has 8 heteroatoms. The molecule has 1 amide bonds. The van der Waals surface area contributed by atoms with Gasteiger partial charge in [0, 0.05) is 19.9 Å². The summed E-state index contributed by atoms with van der Waals surface area (Å²) in [5.41, 5.74) is 3.40. The number of hydrogen-bond donors (Lipinski definition) is 3. The van der Waals surface area contributed by atoms with Gasteiger partial charge in [0.2, 0.25) is 5.89 Å². The molecule has 0 saturated heterocycles. The van der Waals surface area contributed by atoms with Gasteiger partial charge in [0.1, 0.15) is 5.69 Å². The summed E-state index contributed by atoms with van der Waals surface area (Å²) >= 11 is 0. The number of pyridine rings is 1. The lowest BCUT2D eigenvalue weighted by Crippen LogP contribution is -2.26. The number of hydrogen-bond acceptors (Lipinski definition) is 7. The van der Waals surface area contributed by atoms with Crippen molar-refractivity contribution in [3.8, 4) is 0 Å². The van der Waals surface area contributed by atoms with Crippen molar-refractivity contribution in [3.05, 3.63) is 35.7 Å². The summed E-state index contributed by atoms with van der Waals surface area (Å²) in [4.78, 5) is 19.8. The molecule has 0 fully saturated rings. The highest BCUT2D eigenvalue weighted by Gasteiger charge is 2.07. The average Bonchev–Trinajstić information content (AvgIpc) is 2.84. The first kappa shape index (κ1) is 13.0. The Morgan fingerprint density at radius 2 is 2.32 bits per heavy atom. The van der Waals surface area contributed by atoms with E-state index in [1.807, 2.05) is 0 Å². The smallest absolute Gasteiger partial charge is 0.269 e. The molecule has 100 valence electrons. The molecule has 4 N–H and O–H groups in total. The van der Waals surface area contributed by atoms with Gasteiger partial charge in [-0.2, -0.15) is 4.98 Å². The van der Waals surface area contributed by atoms with E-state index in [1.54, 1.807) is 19.1 Å². The fourth-order valence-electron chi connectivity index (χ4n) is 1.43. The van der Waals surface area contributed by atoms with Crippen LogP contribution in [0.1, 0.15) is 22.2 Å². The van der Waals surface area contributed by atoms with Gasteiger partial charge in [-0.1, -0.05) is 5.16 Å². The number of aromatic nitrogens is 3. The Balaban J connectivity index is 1.83. The highest BCUT2D eigenvalue weighted by molar-refractivity contribution is 5.92. The van der Waals surface area contributed by atoms with Crippen molar-refractivity contribution < 1.29 is 9.32 Å². The Labute approximate surface area is 109 Å². The predicted molar refractivity (Wildman–Crippen MR) is 67.1 cm³/mol. The van der Waals surface area contributed by atoms with E-state index in [2.05, 4.69) is 25.9 Å². The van der Waals surface area contributed by atoms with Crippen molar-refractivity contribution in [2.75, 3.05) is 12.0 Å². The minimum Gasteiger partial charge on any atom is -0.350 e. The van der Waals surface area contributed by atoms with E-state index >= 15 is 0 Å². The molecule has 0 unspecified atom stereocenters. The Morgan fingerprint density at radius 1 is 1.47 bits per heavy atom. The molecular formula is C11H14N6O2. The summed E-state index contributed by atoms with van der Waals surface area (Å²) < 4.78 is 4.83. The predicted octanol–water partition coefficient (Wildman–Crippen LogP) is 0.0311. The number of aryl methyl sites for hydroxylation is 1. The summed E-state index contributed by atoms with van der Waals surface area (Å²) in [7, 11) is 0. The topological polar surface area (TPSA) is 119 Å². The van der Waals surface area contributed by atoms with Gasteiger partial charge in [-0.05, 0) is 12.1 Å². The van der Waals surface area contributed by atoms with E-state index in [0.717, 1.165) is 0 Å². The normalized spacial score (nSPS) is 10.2. The van der Waals surface area contributed by atoms with Gasteiger partial charge in [-0.25, -0.2) is 4.98 Å². The molecule has 2 aromatic heterocycles. The van der Waals surface area contributed by atoms with E-state index < -0.39 is 0 Å². The highest BCUT2D eigenvalue weighted by Crippen LogP contribution is 2.03. The minimum absolute atomic E-state index is 0.260. The first-order valence-corrected chi connectivity index (χ1v) is 5.69. The second-order valence-corrected chi connectivity index (χ2v) is 3.81. The monoisotopic (exact) mass is 262 g/mol. The SMILES string of the molecule is Cc1nc(CCNC(=O)c2ccc(NN)cn2)no1. The number of amides is 1. The third-order valence-electron chi connectivity index (χ3n) is 2.37. The lowest BCUT2D eigenvalue weighted by molar-refractivity contribution is 0.0949. The van der Waals surface area contributed by atoms with Crippen LogP contribution >= 0.6 is 0 Å². The van der Waals surface area contributed by atoms with Crippen LogP contribution in [0, 0.1) is 6.92 Å². The molecule has 2 aromatic rings. The maximum absolute atomic E-state index is 11.8. The molecule has 2 rings (SSSR count). The number of nitrogens with one attached hydrogen (secondary N) is 2. The number of hydrazine groups is 1. The number of rotatable bonds is 5. The second kappa shape index (κ2) is 5.91. The molecule has 0 atom stereocenters. The van der Waals surface area contributed by atoms with Crippen LogP contribution in [-0.4, -0.2) is 27.6 Å². The molecule has 0 spiro atoms. The largest absolute Gasteiger partial charge is 0.350 e. The van der Waals surface area contributed by atoms with Gasteiger partial charge in [0.25, 0.3) is 5.91 Å². The third kappa shape index (κ3) is 3.49. The van der Waals surface area contributed by atoms with E-state index in [9.17, 15) is 4.79 Å². The van der Waals surface area contributed by atoms with Crippen LogP contribution in [-0.2, 0) is 6.42 Å². The van der Waals surface area contributed by atoms with Gasteiger partial charge >= 0.3 is 0 Å². The summed E-state index contributed by atoms with van der Waals surface area (Å²) in [6.45, 7) is 2.13. The van der Waals surface area contributed by atoms with Crippen LogP contribution in [0.4, 0.5) is 5.69 Å². The lowest BCUT2D eigenvalue weighted by Gasteiger charge is -2.04. The zero-order valence-corrected chi connectivity index (χ0v) is 10.4. The maximum atomic E-state index is 11.8. The number of anilines is 1. The van der Waals surface area contributed by atoms with Gasteiger partial charge < -0.3 is 15.3 Å². The van der Waals surface area contributed by atoms with Crippen molar-refractivity contribution in [1.29, 1.82) is 0 Å². The van der Waals surface area contributed by atoms with Crippen molar-refractivity contribution in [2.45, 2.75) is 13.3 Å². The standard InChI is InChI=1S/C11H14N6O2/c1-7-15-10(17-19-7)4-5-13-11(18)9-3-2-8(16-12)6-14-9/h2-3,6,16H,4-5,12H2,1H3,(H,13,18). The molecule has 0 radical (unpaired) electrons. The van der Waals surface area contributed by atoms with Crippen LogP contribution in [0.5, 0.6) is 0 Å². The Bertz CT molecular complexity index is 551. The third-order valence-corrected chi connectivity index (χ3v) is 2.37. The Morgan fingerprint density at radius 3 is 2.89 bits per heavy atom. The maximum Gasteiger partial charge on any atom is 0.269 e. The van der Waals surface area contributed by atoms with Gasteiger partial charge in [0.05, 0.1) is 11.9 Å². The minimum atomic E-state index is -0.260. The number of nitrogen functional groups attached to an aromatic ring is 1. The molecule has 2 heterocycles. The zero-order valence-electron chi connectivity index (χ0n) is 10.4. The molecular weight excluding hydrogens is 248 g/mol. The number of carbonyl (C=O) groups excluding carboxylic acids is 1. The Kier molecular flexibility index (Phi) is 4.04. The molecule has 19 heavy (non-hydrogen) atoms. The van der Waals surface area contributed by atoms with Crippen molar-refractivity contribution in [2.24, 2.45) is 5.84 Å². The molecule has 0 aromatic carbocycles. The average molecular weight is 262 g/mol. The quantitative estimate of drug-likeness (QED) is 0.513. The summed E-state index contributed by atoms with van der Waals surface area (Å²) in [6, 6.07) is 3.26. The lowest BCUT2D eigenvalue weighted by atomic mass is 10.3. The summed E-state index contributed by atoms with van der Waals surface area (Å²) in [5.74, 6) is 6.02. The summed E-state index contributed by atoms with van der Waals surface area (Å²) in [5, 5.41) is 6.45. The fraction of sp³-hybridized carbons (Fsp3) is 0.273. The van der Waals surface area contributed by atoms with Crippen LogP contribution < -0.4 is 16.6 Å². The van der Waals surface area contributed by atoms with E-state index in [4.69, 9.17) is 10.4 Å². The summed E-state index contributed by atoms with van der Waals surface area (Å²) in [6.07, 6.45) is 1.99. The van der Waals surface area contributed by atoms with Crippen LogP contribution in [0.3, 0.4) is 0 Å². The molecule has 0 aliphatic carbocycles. The number of nitrogens with zero attached hydrogens (tertiary/aromatic N) is 3. The zero-order chi connectivity index (χ0) is 13.7. The van der Waals surface area contributed by atoms with Gasteiger partial charge in [-0.15, -0.1) is 0 Å². The van der Waals surface area contributed by atoms with Crippen LogP contribution in [0.2, 0.25) is 0 Å².